The summed E-state index contributed by atoms with van der Waals surface area (Å²) in [6.07, 6.45) is 1.51. The van der Waals surface area contributed by atoms with Gasteiger partial charge in [-0.15, -0.1) is 0 Å². The number of aliphatic imine (C=N–C) groups is 2. The van der Waals surface area contributed by atoms with Gasteiger partial charge in [-0.2, -0.15) is 0 Å². The Morgan fingerprint density at radius 1 is 1.67 bits per heavy atom. The molecule has 0 aromatic heterocycles. The summed E-state index contributed by atoms with van der Waals surface area (Å²) < 4.78 is 0.820. The minimum atomic E-state index is -0.252. The third-order valence-corrected chi connectivity index (χ3v) is 2.35. The van der Waals surface area contributed by atoms with Crippen LogP contribution in [0.4, 0.5) is 0 Å². The molecule has 0 saturated heterocycles. The van der Waals surface area contributed by atoms with E-state index in [4.69, 9.17) is 0 Å². The molecule has 2 aliphatic rings. The van der Waals surface area contributed by atoms with Crippen LogP contribution < -0.4 is 0 Å². The molecule has 0 aromatic carbocycles. The fourth-order valence-corrected chi connectivity index (χ4v) is 1.80. The van der Waals surface area contributed by atoms with Crippen LogP contribution >= 0.6 is 15.9 Å². The third kappa shape index (κ3) is 0.929. The quantitative estimate of drug-likeness (QED) is 0.607. The first-order valence-corrected chi connectivity index (χ1v) is 4.23. The Morgan fingerprint density at radius 2 is 2.42 bits per heavy atom. The summed E-state index contributed by atoms with van der Waals surface area (Å²) in [5.74, 6) is -0.252. The summed E-state index contributed by atoms with van der Waals surface area (Å²) in [5, 5.41) is 0. The van der Waals surface area contributed by atoms with Crippen LogP contribution in [0.5, 0.6) is 0 Å². The average Bonchev–Trinajstić information content (AvgIpc) is 2.42. The van der Waals surface area contributed by atoms with Gasteiger partial charge in [0.15, 0.2) is 5.71 Å². The SMILES string of the molecule is CN1CN=C2C(=O)N=CC(Br)=C21. The number of allylic oxidation sites excluding steroid dienone is 1. The molecule has 0 atom stereocenters. The topological polar surface area (TPSA) is 45.0 Å². The number of carbonyl (C=O) groups is 1. The van der Waals surface area contributed by atoms with Gasteiger partial charge < -0.3 is 4.90 Å². The fourth-order valence-electron chi connectivity index (χ4n) is 1.21. The molecule has 62 valence electrons. The molecule has 0 radical (unpaired) electrons. The molecule has 0 bridgehead atoms. The van der Waals surface area contributed by atoms with E-state index in [9.17, 15) is 4.79 Å². The second kappa shape index (κ2) is 2.52. The lowest BCUT2D eigenvalue weighted by Crippen LogP contribution is -2.24. The maximum atomic E-state index is 11.2. The van der Waals surface area contributed by atoms with Crippen LogP contribution in [0.3, 0.4) is 0 Å². The smallest absolute Gasteiger partial charge is 0.297 e. The van der Waals surface area contributed by atoms with E-state index in [1.54, 1.807) is 0 Å². The van der Waals surface area contributed by atoms with Crippen molar-refractivity contribution in [2.24, 2.45) is 9.98 Å². The second-order valence-corrected chi connectivity index (χ2v) is 3.46. The number of nitrogens with zero attached hydrogens (tertiary/aromatic N) is 3. The van der Waals surface area contributed by atoms with E-state index < -0.39 is 0 Å². The van der Waals surface area contributed by atoms with Gasteiger partial charge >= 0.3 is 0 Å². The van der Waals surface area contributed by atoms with Gasteiger partial charge in [-0.05, 0) is 15.9 Å². The van der Waals surface area contributed by atoms with Gasteiger partial charge in [0.05, 0.1) is 10.2 Å². The molecular weight excluding hydrogens is 222 g/mol. The van der Waals surface area contributed by atoms with Gasteiger partial charge in [0.1, 0.15) is 6.67 Å². The van der Waals surface area contributed by atoms with Crippen molar-refractivity contribution in [1.82, 2.24) is 4.90 Å². The number of hydrogen-bond acceptors (Lipinski definition) is 3. The van der Waals surface area contributed by atoms with Gasteiger partial charge in [0.2, 0.25) is 0 Å². The van der Waals surface area contributed by atoms with Gasteiger partial charge in [-0.3, -0.25) is 9.79 Å². The van der Waals surface area contributed by atoms with E-state index in [-0.39, 0.29) is 5.91 Å². The number of hydrogen-bond donors (Lipinski definition) is 0. The van der Waals surface area contributed by atoms with Gasteiger partial charge in [0.25, 0.3) is 5.91 Å². The van der Waals surface area contributed by atoms with Gasteiger partial charge in [-0.25, -0.2) is 4.99 Å². The average molecular weight is 228 g/mol. The number of rotatable bonds is 0. The monoisotopic (exact) mass is 227 g/mol. The van der Waals surface area contributed by atoms with Crippen LogP contribution in [0, 0.1) is 0 Å². The summed E-state index contributed by atoms with van der Waals surface area (Å²) in [6, 6.07) is 0. The summed E-state index contributed by atoms with van der Waals surface area (Å²) in [4.78, 5) is 20.8. The molecule has 4 nitrogen and oxygen atoms in total. The van der Waals surface area contributed by atoms with Crippen molar-refractivity contribution in [1.29, 1.82) is 0 Å². The zero-order chi connectivity index (χ0) is 8.72. The number of halogens is 1. The summed E-state index contributed by atoms with van der Waals surface area (Å²) in [7, 11) is 1.89. The molecule has 0 unspecified atom stereocenters. The molecule has 0 fully saturated rings. The fraction of sp³-hybridized carbons (Fsp3) is 0.286. The van der Waals surface area contributed by atoms with Crippen molar-refractivity contribution in [2.45, 2.75) is 0 Å². The molecule has 2 aliphatic heterocycles. The zero-order valence-electron chi connectivity index (χ0n) is 6.41. The molecule has 0 spiro atoms. The first-order chi connectivity index (χ1) is 5.70. The Balaban J connectivity index is 2.54. The van der Waals surface area contributed by atoms with Crippen molar-refractivity contribution in [3.05, 3.63) is 10.2 Å². The number of carbonyl (C=O) groups excluding carboxylic acids is 1. The molecule has 2 rings (SSSR count). The largest absolute Gasteiger partial charge is 0.352 e. The lowest BCUT2D eigenvalue weighted by Gasteiger charge is -2.15. The molecule has 5 heteroatoms. The van der Waals surface area contributed by atoms with E-state index in [0.717, 1.165) is 10.2 Å². The highest BCUT2D eigenvalue weighted by atomic mass is 79.9. The highest BCUT2D eigenvalue weighted by Crippen LogP contribution is 2.23. The maximum absolute atomic E-state index is 11.2. The van der Waals surface area contributed by atoms with Gasteiger partial charge in [-0.1, -0.05) is 0 Å². The Bertz CT molecular complexity index is 343. The lowest BCUT2D eigenvalue weighted by atomic mass is 10.2. The van der Waals surface area contributed by atoms with Crippen LogP contribution in [-0.2, 0) is 4.79 Å². The third-order valence-electron chi connectivity index (χ3n) is 1.77. The molecule has 12 heavy (non-hydrogen) atoms. The maximum Gasteiger partial charge on any atom is 0.297 e. The number of dihydropyridines is 1. The first-order valence-electron chi connectivity index (χ1n) is 3.44. The summed E-state index contributed by atoms with van der Waals surface area (Å²) in [5.41, 5.74) is 1.31. The molecule has 1 amide bonds. The van der Waals surface area contributed by atoms with Crippen molar-refractivity contribution in [3.63, 3.8) is 0 Å². The normalized spacial score (nSPS) is 21.7. The molecular formula is C7H6BrN3O. The van der Waals surface area contributed by atoms with Crippen LogP contribution in [0.2, 0.25) is 0 Å². The summed E-state index contributed by atoms with van der Waals surface area (Å²) in [6.45, 7) is 0.537. The van der Waals surface area contributed by atoms with Crippen LogP contribution in [0.1, 0.15) is 0 Å². The van der Waals surface area contributed by atoms with Crippen LogP contribution in [-0.4, -0.2) is 36.4 Å². The standard InChI is InChI=1S/C7H6BrN3O/c1-11-3-10-5-6(11)4(8)2-9-7(5)12/h2H,3H2,1H3. The highest BCUT2D eigenvalue weighted by Gasteiger charge is 2.29. The van der Waals surface area contributed by atoms with Crippen LogP contribution in [0.15, 0.2) is 20.2 Å². The highest BCUT2D eigenvalue weighted by molar-refractivity contribution is 9.12. The predicted molar refractivity (Wildman–Crippen MR) is 49.5 cm³/mol. The van der Waals surface area contributed by atoms with Crippen molar-refractivity contribution in [3.8, 4) is 0 Å². The van der Waals surface area contributed by atoms with Gasteiger partial charge in [0, 0.05) is 13.3 Å². The van der Waals surface area contributed by atoms with E-state index in [1.807, 2.05) is 11.9 Å². The lowest BCUT2D eigenvalue weighted by molar-refractivity contribution is -0.111. The van der Waals surface area contributed by atoms with E-state index in [0.29, 0.717) is 12.4 Å². The zero-order valence-corrected chi connectivity index (χ0v) is 8.00. The van der Waals surface area contributed by atoms with E-state index in [2.05, 4.69) is 25.9 Å². The Hall–Kier alpha value is -0.970. The molecule has 0 aliphatic carbocycles. The minimum absolute atomic E-state index is 0.252. The van der Waals surface area contributed by atoms with E-state index >= 15 is 0 Å². The minimum Gasteiger partial charge on any atom is -0.352 e. The predicted octanol–water partition coefficient (Wildman–Crippen LogP) is 0.548. The Kier molecular flexibility index (Phi) is 1.61. The van der Waals surface area contributed by atoms with Crippen LogP contribution in [0.25, 0.3) is 0 Å². The molecule has 0 N–H and O–H groups in total. The number of fused-ring (bicyclic) bond motifs is 1. The second-order valence-electron chi connectivity index (χ2n) is 2.61. The molecule has 0 saturated carbocycles. The van der Waals surface area contributed by atoms with Crippen molar-refractivity contribution >= 4 is 33.8 Å². The molecule has 0 aromatic rings. The van der Waals surface area contributed by atoms with E-state index in [1.165, 1.54) is 6.21 Å². The molecule has 2 heterocycles. The first kappa shape index (κ1) is 7.67. The van der Waals surface area contributed by atoms with Crippen molar-refractivity contribution < 1.29 is 4.79 Å². The Labute approximate surface area is 77.8 Å². The Morgan fingerprint density at radius 3 is 3.08 bits per heavy atom. The number of amides is 1. The summed E-state index contributed by atoms with van der Waals surface area (Å²) >= 11 is 3.32. The van der Waals surface area contributed by atoms with Crippen molar-refractivity contribution in [2.75, 3.05) is 13.7 Å².